The standard InChI is InChI=1S/C14H17F4NO2/c1-14(2,4-3-5-20)7-19-13(21)8-6-9(15)11(17)12(18)10(8)16/h6,20H,3-5,7H2,1-2H3,(H,19,21). The third kappa shape index (κ3) is 4.42. The summed E-state index contributed by atoms with van der Waals surface area (Å²) in [6, 6.07) is 0.323. The van der Waals surface area contributed by atoms with Crippen LogP contribution in [-0.4, -0.2) is 24.2 Å². The first-order valence-corrected chi connectivity index (χ1v) is 6.41. The highest BCUT2D eigenvalue weighted by Gasteiger charge is 2.24. The van der Waals surface area contributed by atoms with Crippen molar-refractivity contribution in [1.29, 1.82) is 0 Å². The molecule has 1 aromatic carbocycles. The van der Waals surface area contributed by atoms with Gasteiger partial charge in [0.1, 0.15) is 0 Å². The minimum atomic E-state index is -2.01. The maximum atomic E-state index is 13.4. The number of carbonyl (C=O) groups excluding carboxylic acids is 1. The average molecular weight is 307 g/mol. The van der Waals surface area contributed by atoms with Crippen molar-refractivity contribution in [1.82, 2.24) is 5.32 Å². The molecule has 0 spiro atoms. The molecule has 0 saturated carbocycles. The van der Waals surface area contributed by atoms with Gasteiger partial charge in [0.05, 0.1) is 5.56 Å². The summed E-state index contributed by atoms with van der Waals surface area (Å²) in [4.78, 5) is 11.7. The number of aliphatic hydroxyl groups excluding tert-OH is 1. The zero-order chi connectivity index (χ0) is 16.2. The number of amides is 1. The van der Waals surface area contributed by atoms with E-state index in [1.165, 1.54) is 0 Å². The van der Waals surface area contributed by atoms with Crippen LogP contribution >= 0.6 is 0 Å². The molecule has 1 amide bonds. The summed E-state index contributed by atoms with van der Waals surface area (Å²) < 4.78 is 52.3. The van der Waals surface area contributed by atoms with Crippen molar-refractivity contribution in [2.24, 2.45) is 5.41 Å². The molecule has 1 rings (SSSR count). The second-order valence-electron chi connectivity index (χ2n) is 5.52. The smallest absolute Gasteiger partial charge is 0.254 e. The number of halogens is 4. The van der Waals surface area contributed by atoms with Gasteiger partial charge < -0.3 is 10.4 Å². The van der Waals surface area contributed by atoms with E-state index in [-0.39, 0.29) is 18.6 Å². The van der Waals surface area contributed by atoms with E-state index in [1.807, 2.05) is 13.8 Å². The van der Waals surface area contributed by atoms with Gasteiger partial charge in [-0.05, 0) is 24.3 Å². The minimum Gasteiger partial charge on any atom is -0.396 e. The summed E-state index contributed by atoms with van der Waals surface area (Å²) in [5, 5.41) is 11.1. The summed E-state index contributed by atoms with van der Waals surface area (Å²) in [6.07, 6.45) is 1.12. The number of nitrogens with one attached hydrogen (secondary N) is 1. The Bertz CT molecular complexity index is 532. The Balaban J connectivity index is 2.82. The predicted molar refractivity (Wildman–Crippen MR) is 68.7 cm³/mol. The van der Waals surface area contributed by atoms with E-state index in [9.17, 15) is 22.4 Å². The Morgan fingerprint density at radius 1 is 1.19 bits per heavy atom. The first-order valence-electron chi connectivity index (χ1n) is 6.41. The average Bonchev–Trinajstić information content (AvgIpc) is 2.44. The van der Waals surface area contributed by atoms with E-state index in [0.29, 0.717) is 18.9 Å². The second kappa shape index (κ2) is 6.89. The maximum absolute atomic E-state index is 13.4. The minimum absolute atomic E-state index is 0.000386. The van der Waals surface area contributed by atoms with Crippen LogP contribution in [0.5, 0.6) is 0 Å². The van der Waals surface area contributed by atoms with Gasteiger partial charge in [0.2, 0.25) is 0 Å². The molecule has 0 heterocycles. The highest BCUT2D eigenvalue weighted by atomic mass is 19.2. The molecule has 3 nitrogen and oxygen atoms in total. The highest BCUT2D eigenvalue weighted by molar-refractivity contribution is 5.94. The van der Waals surface area contributed by atoms with Crippen LogP contribution in [0.4, 0.5) is 17.6 Å². The van der Waals surface area contributed by atoms with E-state index in [0.717, 1.165) is 0 Å². The predicted octanol–water partition coefficient (Wildman–Crippen LogP) is 2.77. The molecular weight excluding hydrogens is 290 g/mol. The molecule has 0 fully saturated rings. The number of carbonyl (C=O) groups is 1. The zero-order valence-electron chi connectivity index (χ0n) is 11.8. The Labute approximate surface area is 120 Å². The largest absolute Gasteiger partial charge is 0.396 e. The van der Waals surface area contributed by atoms with E-state index in [1.54, 1.807) is 0 Å². The summed E-state index contributed by atoms with van der Waals surface area (Å²) in [5.74, 6) is -8.34. The van der Waals surface area contributed by atoms with E-state index in [4.69, 9.17) is 5.11 Å². The molecule has 0 aliphatic heterocycles. The Morgan fingerprint density at radius 3 is 2.38 bits per heavy atom. The van der Waals surface area contributed by atoms with Gasteiger partial charge in [-0.15, -0.1) is 0 Å². The summed E-state index contributed by atoms with van der Waals surface area (Å²) >= 11 is 0. The van der Waals surface area contributed by atoms with Gasteiger partial charge in [-0.25, -0.2) is 17.6 Å². The van der Waals surface area contributed by atoms with Gasteiger partial charge in [0.15, 0.2) is 23.3 Å². The summed E-state index contributed by atoms with van der Waals surface area (Å²) in [7, 11) is 0. The van der Waals surface area contributed by atoms with Crippen molar-refractivity contribution in [2.45, 2.75) is 26.7 Å². The molecular formula is C14H17F4NO2. The molecule has 1 aromatic rings. The molecule has 2 N–H and O–H groups in total. The quantitative estimate of drug-likeness (QED) is 0.482. The Morgan fingerprint density at radius 2 is 1.81 bits per heavy atom. The lowest BCUT2D eigenvalue weighted by molar-refractivity contribution is 0.0926. The highest BCUT2D eigenvalue weighted by Crippen LogP contribution is 2.22. The lowest BCUT2D eigenvalue weighted by atomic mass is 9.88. The van der Waals surface area contributed by atoms with Crippen molar-refractivity contribution < 1.29 is 27.5 Å². The normalized spacial score (nSPS) is 11.6. The topological polar surface area (TPSA) is 49.3 Å². The summed E-state index contributed by atoms with van der Waals surface area (Å²) in [5.41, 5.74) is -1.27. The van der Waals surface area contributed by atoms with Gasteiger partial charge in [0, 0.05) is 13.2 Å². The molecule has 0 bridgehead atoms. The summed E-state index contributed by atoms with van der Waals surface area (Å²) in [6.45, 7) is 3.74. The van der Waals surface area contributed by atoms with Gasteiger partial charge in [-0.3, -0.25) is 4.79 Å². The molecule has 0 aromatic heterocycles. The molecule has 21 heavy (non-hydrogen) atoms. The van der Waals surface area contributed by atoms with Crippen molar-refractivity contribution >= 4 is 5.91 Å². The van der Waals surface area contributed by atoms with E-state index >= 15 is 0 Å². The van der Waals surface area contributed by atoms with Crippen LogP contribution in [0.15, 0.2) is 6.07 Å². The monoisotopic (exact) mass is 307 g/mol. The Hall–Kier alpha value is -1.63. The van der Waals surface area contributed by atoms with E-state index in [2.05, 4.69) is 5.32 Å². The molecule has 0 radical (unpaired) electrons. The number of benzene rings is 1. The van der Waals surface area contributed by atoms with Crippen molar-refractivity contribution in [2.75, 3.05) is 13.2 Å². The SMILES string of the molecule is CC(C)(CCCO)CNC(=O)c1cc(F)c(F)c(F)c1F. The molecule has 0 aliphatic carbocycles. The fourth-order valence-electron chi connectivity index (χ4n) is 1.80. The number of hydrogen-bond donors (Lipinski definition) is 2. The van der Waals surface area contributed by atoms with Crippen LogP contribution in [0.3, 0.4) is 0 Å². The van der Waals surface area contributed by atoms with Gasteiger partial charge >= 0.3 is 0 Å². The molecule has 118 valence electrons. The third-order valence-electron chi connectivity index (χ3n) is 3.09. The lowest BCUT2D eigenvalue weighted by Crippen LogP contribution is -2.34. The van der Waals surface area contributed by atoms with Crippen LogP contribution in [0.25, 0.3) is 0 Å². The fraction of sp³-hybridized carbons (Fsp3) is 0.500. The van der Waals surface area contributed by atoms with Gasteiger partial charge in [-0.2, -0.15) is 0 Å². The molecule has 0 unspecified atom stereocenters. The van der Waals surface area contributed by atoms with Gasteiger partial charge in [-0.1, -0.05) is 13.8 Å². The lowest BCUT2D eigenvalue weighted by Gasteiger charge is -2.24. The number of rotatable bonds is 6. The first-order chi connectivity index (χ1) is 9.69. The van der Waals surface area contributed by atoms with Crippen molar-refractivity contribution in [3.8, 4) is 0 Å². The van der Waals surface area contributed by atoms with Crippen molar-refractivity contribution in [3.05, 3.63) is 34.9 Å². The van der Waals surface area contributed by atoms with Crippen LogP contribution in [0.1, 0.15) is 37.0 Å². The fourth-order valence-corrected chi connectivity index (χ4v) is 1.80. The van der Waals surface area contributed by atoms with Crippen molar-refractivity contribution in [3.63, 3.8) is 0 Å². The molecule has 0 atom stereocenters. The third-order valence-corrected chi connectivity index (χ3v) is 3.09. The molecule has 0 saturated heterocycles. The van der Waals surface area contributed by atoms with Crippen LogP contribution in [-0.2, 0) is 0 Å². The van der Waals surface area contributed by atoms with Crippen LogP contribution in [0.2, 0.25) is 0 Å². The van der Waals surface area contributed by atoms with Gasteiger partial charge in [0.25, 0.3) is 5.91 Å². The second-order valence-corrected chi connectivity index (χ2v) is 5.52. The maximum Gasteiger partial charge on any atom is 0.254 e. The number of hydrogen-bond acceptors (Lipinski definition) is 2. The van der Waals surface area contributed by atoms with Crippen LogP contribution in [0, 0.1) is 28.7 Å². The molecule has 7 heteroatoms. The zero-order valence-corrected chi connectivity index (χ0v) is 11.8. The van der Waals surface area contributed by atoms with E-state index < -0.39 is 34.7 Å². The number of aliphatic hydroxyl groups is 1. The van der Waals surface area contributed by atoms with Crippen LogP contribution < -0.4 is 5.32 Å². The molecule has 0 aliphatic rings. The Kier molecular flexibility index (Phi) is 5.71. The first kappa shape index (κ1) is 17.4.